The molecule has 0 radical (unpaired) electrons. The van der Waals surface area contributed by atoms with Gasteiger partial charge in [-0.15, -0.1) is 0 Å². The van der Waals surface area contributed by atoms with E-state index in [-0.39, 0.29) is 12.5 Å². The quantitative estimate of drug-likeness (QED) is 0.852. The van der Waals surface area contributed by atoms with E-state index in [9.17, 15) is 15.0 Å². The highest BCUT2D eigenvalue weighted by Crippen LogP contribution is 2.29. The Bertz CT molecular complexity index is 451. The van der Waals surface area contributed by atoms with Crippen LogP contribution in [0.15, 0.2) is 0 Å². The van der Waals surface area contributed by atoms with Gasteiger partial charge in [-0.1, -0.05) is 13.8 Å². The molecule has 18 heavy (non-hydrogen) atoms. The number of aliphatic hydroxyl groups excluding tert-OH is 1. The number of hydrogen-bond donors (Lipinski definition) is 2. The van der Waals surface area contributed by atoms with Crippen molar-refractivity contribution in [3.63, 3.8) is 0 Å². The summed E-state index contributed by atoms with van der Waals surface area (Å²) < 4.78 is 2.01. The molecule has 2 N–H and O–H groups in total. The van der Waals surface area contributed by atoms with Crippen molar-refractivity contribution in [1.29, 1.82) is 0 Å². The molecule has 1 atom stereocenters. The second-order valence-electron chi connectivity index (χ2n) is 5.19. The van der Waals surface area contributed by atoms with E-state index >= 15 is 0 Å². The molecular formula is C13H20N2O3. The van der Waals surface area contributed by atoms with Crippen LogP contribution in [0.3, 0.4) is 0 Å². The Labute approximate surface area is 106 Å². The second kappa shape index (κ2) is 5.10. The number of aliphatic hydroxyl groups is 1. The molecule has 2 rings (SSSR count). The maximum atomic E-state index is 11.4. The lowest BCUT2D eigenvalue weighted by molar-refractivity contribution is -0.140. The highest BCUT2D eigenvalue weighted by molar-refractivity contribution is 5.75. The normalized spacial score (nSPS) is 16.7. The van der Waals surface area contributed by atoms with Crippen molar-refractivity contribution in [2.45, 2.75) is 52.2 Å². The lowest BCUT2D eigenvalue weighted by Gasteiger charge is -2.21. The van der Waals surface area contributed by atoms with E-state index in [4.69, 9.17) is 0 Å². The summed E-state index contributed by atoms with van der Waals surface area (Å²) in [6.07, 6.45) is 3.01. The third-order valence-corrected chi connectivity index (χ3v) is 3.59. The first-order valence-electron chi connectivity index (χ1n) is 6.48. The van der Waals surface area contributed by atoms with Crippen LogP contribution < -0.4 is 0 Å². The van der Waals surface area contributed by atoms with Gasteiger partial charge in [-0.3, -0.25) is 4.79 Å². The number of aliphatic carboxylic acids is 1. The van der Waals surface area contributed by atoms with E-state index in [2.05, 4.69) is 4.98 Å². The Kier molecular flexibility index (Phi) is 3.71. The van der Waals surface area contributed by atoms with Crippen LogP contribution in [0.1, 0.15) is 49.8 Å². The first kappa shape index (κ1) is 13.1. The summed E-state index contributed by atoms with van der Waals surface area (Å²) in [4.78, 5) is 15.8. The molecule has 5 heteroatoms. The summed E-state index contributed by atoms with van der Waals surface area (Å²) in [7, 11) is 0. The number of nitrogens with zero attached hydrogens (tertiary/aromatic N) is 2. The Morgan fingerprint density at radius 3 is 2.72 bits per heavy atom. The first-order valence-corrected chi connectivity index (χ1v) is 6.48. The topological polar surface area (TPSA) is 75.3 Å². The molecule has 1 aliphatic rings. The predicted octanol–water partition coefficient (Wildman–Crippen LogP) is 1.54. The fraction of sp³-hybridized carbons (Fsp3) is 0.692. The minimum atomic E-state index is -0.840. The average Bonchev–Trinajstić information content (AvgIpc) is 2.67. The van der Waals surface area contributed by atoms with Gasteiger partial charge in [-0.05, 0) is 25.2 Å². The van der Waals surface area contributed by atoms with Crippen molar-refractivity contribution in [2.75, 3.05) is 0 Å². The van der Waals surface area contributed by atoms with E-state index in [0.29, 0.717) is 11.5 Å². The minimum Gasteiger partial charge on any atom is -0.481 e. The Morgan fingerprint density at radius 2 is 2.17 bits per heavy atom. The molecule has 0 saturated carbocycles. The van der Waals surface area contributed by atoms with E-state index in [1.165, 1.54) is 0 Å². The van der Waals surface area contributed by atoms with Gasteiger partial charge in [0.05, 0.1) is 12.3 Å². The molecule has 5 nitrogen and oxygen atoms in total. The summed E-state index contributed by atoms with van der Waals surface area (Å²) in [6, 6.07) is 0. The van der Waals surface area contributed by atoms with Crippen LogP contribution in [0.2, 0.25) is 0 Å². The van der Waals surface area contributed by atoms with Gasteiger partial charge in [0, 0.05) is 12.2 Å². The highest BCUT2D eigenvalue weighted by Gasteiger charge is 2.31. The lowest BCUT2D eigenvalue weighted by atomic mass is 9.95. The van der Waals surface area contributed by atoms with Crippen LogP contribution in [-0.4, -0.2) is 25.7 Å². The zero-order valence-corrected chi connectivity index (χ0v) is 10.9. The number of carbonyl (C=O) groups is 1. The summed E-state index contributed by atoms with van der Waals surface area (Å²) in [6.45, 7) is 4.48. The summed E-state index contributed by atoms with van der Waals surface area (Å²) in [5, 5.41) is 18.7. The summed E-state index contributed by atoms with van der Waals surface area (Å²) in [5.74, 6) is -0.839. The zero-order valence-electron chi connectivity index (χ0n) is 10.9. The number of rotatable bonds is 4. The third-order valence-electron chi connectivity index (χ3n) is 3.59. The molecule has 0 fully saturated rings. The minimum absolute atomic E-state index is 0.0116. The van der Waals surface area contributed by atoms with Crippen LogP contribution in [0.4, 0.5) is 0 Å². The largest absolute Gasteiger partial charge is 0.481 e. The third kappa shape index (κ3) is 2.14. The van der Waals surface area contributed by atoms with Gasteiger partial charge in [0.25, 0.3) is 0 Å². The summed E-state index contributed by atoms with van der Waals surface area (Å²) in [5.41, 5.74) is 1.67. The van der Waals surface area contributed by atoms with E-state index in [1.54, 1.807) is 0 Å². The number of aromatic nitrogens is 2. The van der Waals surface area contributed by atoms with Crippen molar-refractivity contribution in [1.82, 2.24) is 9.55 Å². The zero-order chi connectivity index (χ0) is 13.3. The Morgan fingerprint density at radius 1 is 1.44 bits per heavy atom. The van der Waals surface area contributed by atoms with Crippen molar-refractivity contribution >= 4 is 5.97 Å². The van der Waals surface area contributed by atoms with Gasteiger partial charge >= 0.3 is 5.97 Å². The van der Waals surface area contributed by atoms with Crippen molar-refractivity contribution in [2.24, 2.45) is 5.92 Å². The molecule has 0 bridgehead atoms. The van der Waals surface area contributed by atoms with Gasteiger partial charge in [-0.25, -0.2) is 4.98 Å². The second-order valence-corrected chi connectivity index (χ2v) is 5.19. The molecular weight excluding hydrogens is 232 g/mol. The number of hydrogen-bond acceptors (Lipinski definition) is 3. The van der Waals surface area contributed by atoms with Crippen LogP contribution in [-0.2, 0) is 24.4 Å². The molecule has 1 aromatic heterocycles. The van der Waals surface area contributed by atoms with Crippen molar-refractivity contribution < 1.29 is 15.0 Å². The van der Waals surface area contributed by atoms with Crippen molar-refractivity contribution in [3.05, 3.63) is 17.2 Å². The molecule has 0 aromatic carbocycles. The average molecular weight is 252 g/mol. The molecule has 1 unspecified atom stereocenters. The number of imidazole rings is 1. The molecule has 0 spiro atoms. The highest BCUT2D eigenvalue weighted by atomic mass is 16.4. The predicted molar refractivity (Wildman–Crippen MR) is 66.3 cm³/mol. The van der Waals surface area contributed by atoms with Gasteiger partial charge in [0.1, 0.15) is 11.7 Å². The van der Waals surface area contributed by atoms with Gasteiger partial charge in [0.15, 0.2) is 0 Å². The van der Waals surface area contributed by atoms with Crippen LogP contribution in [0.25, 0.3) is 0 Å². The smallest absolute Gasteiger partial charge is 0.314 e. The molecule has 0 aliphatic carbocycles. The number of carboxylic acids is 1. The summed E-state index contributed by atoms with van der Waals surface area (Å²) >= 11 is 0. The Hall–Kier alpha value is -1.36. The lowest BCUT2D eigenvalue weighted by Crippen LogP contribution is -2.23. The van der Waals surface area contributed by atoms with E-state index in [0.717, 1.165) is 31.5 Å². The maximum Gasteiger partial charge on any atom is 0.314 e. The van der Waals surface area contributed by atoms with E-state index in [1.807, 2.05) is 18.4 Å². The molecule has 1 aromatic rings. The van der Waals surface area contributed by atoms with Gasteiger partial charge in [0.2, 0.25) is 0 Å². The molecule has 0 saturated heterocycles. The van der Waals surface area contributed by atoms with Crippen LogP contribution in [0, 0.1) is 5.92 Å². The number of fused-ring (bicyclic) bond motifs is 1. The van der Waals surface area contributed by atoms with Crippen molar-refractivity contribution in [3.8, 4) is 0 Å². The SMILES string of the molecule is CC(C)C(C(=O)O)c1nc(CO)c2n1CCCC2. The Balaban J connectivity index is 2.49. The maximum absolute atomic E-state index is 11.4. The molecule has 2 heterocycles. The van der Waals surface area contributed by atoms with Gasteiger partial charge < -0.3 is 14.8 Å². The molecule has 1 aliphatic heterocycles. The fourth-order valence-corrected chi connectivity index (χ4v) is 2.71. The van der Waals surface area contributed by atoms with Crippen LogP contribution in [0.5, 0.6) is 0 Å². The van der Waals surface area contributed by atoms with E-state index < -0.39 is 11.9 Å². The van der Waals surface area contributed by atoms with Crippen LogP contribution >= 0.6 is 0 Å². The first-order chi connectivity index (χ1) is 8.56. The standard InChI is InChI=1S/C13H20N2O3/c1-8(2)11(13(17)18)12-14-9(7-16)10-5-3-4-6-15(10)12/h8,11,16H,3-7H2,1-2H3,(H,17,18). The van der Waals surface area contributed by atoms with Gasteiger partial charge in [-0.2, -0.15) is 0 Å². The number of carboxylic acid groups (broad SMARTS) is 1. The fourth-order valence-electron chi connectivity index (χ4n) is 2.71. The molecule has 100 valence electrons. The molecule has 0 amide bonds. The monoisotopic (exact) mass is 252 g/mol.